The van der Waals surface area contributed by atoms with Crippen LogP contribution in [0.5, 0.6) is 5.75 Å². The van der Waals surface area contributed by atoms with E-state index in [1.807, 2.05) is 24.3 Å². The van der Waals surface area contributed by atoms with E-state index in [4.69, 9.17) is 16.3 Å². The fourth-order valence-corrected chi connectivity index (χ4v) is 3.91. The minimum absolute atomic E-state index is 0. The van der Waals surface area contributed by atoms with Crippen LogP contribution in [-0.2, 0) is 27.3 Å². The number of benzene rings is 2. The standard InChI is InChI=1S/C28H31ClN2O5.Na.H/c1-19(32)6-3-2-4-8-26(33)36-15-5-7-20-11-14-25-23(16-20)27(34)24(18-30-25)28(35)31-17-21-9-12-22(29)13-10-21;;/h9-14,16,18H,2-8,15,17H2,1H3,(H,30,34)(H,31,35);;. The number of ketones is 1. The van der Waals surface area contributed by atoms with Crippen molar-refractivity contribution in [3.63, 3.8) is 0 Å². The van der Waals surface area contributed by atoms with Crippen LogP contribution in [0, 0.1) is 0 Å². The Bertz CT molecular complexity index is 1220. The number of pyridine rings is 1. The summed E-state index contributed by atoms with van der Waals surface area (Å²) in [6, 6.07) is 12.7. The number of carbonyl (C=O) groups is 3. The normalized spacial score (nSPS) is 10.5. The molecule has 37 heavy (non-hydrogen) atoms. The molecule has 0 atom stereocenters. The van der Waals surface area contributed by atoms with Gasteiger partial charge in [-0.3, -0.25) is 14.6 Å². The van der Waals surface area contributed by atoms with Gasteiger partial charge in [0, 0.05) is 36.0 Å². The van der Waals surface area contributed by atoms with E-state index in [0.29, 0.717) is 54.8 Å². The number of unbranched alkanes of at least 4 members (excludes halogenated alkanes) is 2. The molecule has 0 aliphatic rings. The molecule has 0 aliphatic heterocycles. The second-order valence-corrected chi connectivity index (χ2v) is 9.20. The van der Waals surface area contributed by atoms with Gasteiger partial charge in [-0.25, -0.2) is 0 Å². The molecule has 0 spiro atoms. The van der Waals surface area contributed by atoms with Crippen molar-refractivity contribution in [2.24, 2.45) is 0 Å². The van der Waals surface area contributed by atoms with Crippen LogP contribution in [0.25, 0.3) is 10.9 Å². The van der Waals surface area contributed by atoms with Gasteiger partial charge in [0.25, 0.3) is 5.91 Å². The first-order valence-corrected chi connectivity index (χ1v) is 12.5. The summed E-state index contributed by atoms with van der Waals surface area (Å²) in [5.74, 6) is -0.599. The predicted octanol–water partition coefficient (Wildman–Crippen LogP) is 4.89. The number of hydrogen-bond acceptors (Lipinski definition) is 6. The molecule has 192 valence electrons. The zero-order chi connectivity index (χ0) is 25.9. The van der Waals surface area contributed by atoms with Crippen molar-refractivity contribution in [2.45, 2.75) is 58.4 Å². The molecule has 0 bridgehead atoms. The molecule has 0 unspecified atom stereocenters. The Morgan fingerprint density at radius 1 is 0.973 bits per heavy atom. The topological polar surface area (TPSA) is 106 Å². The van der Waals surface area contributed by atoms with E-state index in [9.17, 15) is 19.5 Å². The first-order valence-electron chi connectivity index (χ1n) is 12.1. The van der Waals surface area contributed by atoms with Gasteiger partial charge < -0.3 is 20.0 Å². The number of rotatable bonds is 13. The summed E-state index contributed by atoms with van der Waals surface area (Å²) < 4.78 is 5.30. The number of ether oxygens (including phenoxy) is 1. The molecule has 2 aromatic carbocycles. The number of esters is 1. The average Bonchev–Trinajstić information content (AvgIpc) is 2.86. The molecule has 1 aromatic heterocycles. The number of aryl methyl sites for hydroxylation is 1. The van der Waals surface area contributed by atoms with Gasteiger partial charge in [0.15, 0.2) is 0 Å². The number of fused-ring (bicyclic) bond motifs is 1. The summed E-state index contributed by atoms with van der Waals surface area (Å²) in [6.07, 6.45) is 5.93. The molecule has 1 heterocycles. The van der Waals surface area contributed by atoms with Crippen LogP contribution in [0.1, 0.15) is 66.9 Å². The number of nitrogens with zero attached hydrogens (tertiary/aromatic N) is 1. The third-order valence-electron chi connectivity index (χ3n) is 5.80. The minimum atomic E-state index is -0.421. The molecule has 7 nitrogen and oxygen atoms in total. The van der Waals surface area contributed by atoms with Gasteiger partial charge in [0.05, 0.1) is 12.1 Å². The second kappa shape index (κ2) is 15.7. The van der Waals surface area contributed by atoms with E-state index in [1.165, 1.54) is 6.20 Å². The Kier molecular flexibility index (Phi) is 13.1. The molecule has 3 aromatic rings. The van der Waals surface area contributed by atoms with Crippen molar-refractivity contribution in [1.29, 1.82) is 0 Å². The van der Waals surface area contributed by atoms with Crippen LogP contribution in [0.4, 0.5) is 0 Å². The fourth-order valence-electron chi connectivity index (χ4n) is 3.78. The van der Waals surface area contributed by atoms with Crippen LogP contribution in [-0.4, -0.2) is 63.9 Å². The van der Waals surface area contributed by atoms with Crippen LogP contribution in [0.2, 0.25) is 5.02 Å². The monoisotopic (exact) mass is 534 g/mol. The summed E-state index contributed by atoms with van der Waals surface area (Å²) in [6.45, 7) is 2.17. The van der Waals surface area contributed by atoms with Crippen LogP contribution >= 0.6 is 11.6 Å². The molecule has 9 heteroatoms. The molecule has 3 rings (SSSR count). The van der Waals surface area contributed by atoms with Gasteiger partial charge in [-0.2, -0.15) is 0 Å². The number of Topliss-reactive ketones (excluding diaryl/α,β-unsaturated/α-hetero) is 1. The number of halogens is 1. The maximum absolute atomic E-state index is 12.6. The molecule has 0 radical (unpaired) electrons. The quantitative estimate of drug-likeness (QED) is 0.184. The van der Waals surface area contributed by atoms with E-state index in [1.54, 1.807) is 25.1 Å². The van der Waals surface area contributed by atoms with Gasteiger partial charge in [0.1, 0.15) is 17.1 Å². The summed E-state index contributed by atoms with van der Waals surface area (Å²) in [7, 11) is 0. The average molecular weight is 535 g/mol. The molecular formula is C28H32ClN2NaO5. The molecule has 0 saturated carbocycles. The van der Waals surface area contributed by atoms with Crippen molar-refractivity contribution in [1.82, 2.24) is 10.3 Å². The molecule has 0 fully saturated rings. The van der Waals surface area contributed by atoms with E-state index in [0.717, 1.165) is 30.4 Å². The summed E-state index contributed by atoms with van der Waals surface area (Å²) in [5.41, 5.74) is 2.52. The number of amides is 1. The number of nitrogens with one attached hydrogen (secondary N) is 1. The number of aromatic nitrogens is 1. The molecule has 0 saturated heterocycles. The zero-order valence-electron chi connectivity index (χ0n) is 20.4. The van der Waals surface area contributed by atoms with Crippen molar-refractivity contribution in [3.05, 3.63) is 70.4 Å². The van der Waals surface area contributed by atoms with Crippen LogP contribution in [0.3, 0.4) is 0 Å². The van der Waals surface area contributed by atoms with Crippen molar-refractivity contribution in [3.8, 4) is 5.75 Å². The Hall–Kier alpha value is -2.45. The van der Waals surface area contributed by atoms with Gasteiger partial charge in [-0.05, 0) is 68.0 Å². The van der Waals surface area contributed by atoms with E-state index in [-0.39, 0.29) is 52.6 Å². The van der Waals surface area contributed by atoms with E-state index in [2.05, 4.69) is 10.3 Å². The SMILES string of the molecule is CC(=O)CCCCCC(=O)OCCCc1ccc2ncc(C(=O)NCc3ccc(Cl)cc3)c(O)c2c1.[NaH]. The third-order valence-corrected chi connectivity index (χ3v) is 6.05. The Balaban J connectivity index is 0.00000481. The Morgan fingerprint density at radius 2 is 1.68 bits per heavy atom. The predicted molar refractivity (Wildman–Crippen MR) is 146 cm³/mol. The second-order valence-electron chi connectivity index (χ2n) is 8.77. The van der Waals surface area contributed by atoms with Crippen LogP contribution < -0.4 is 5.32 Å². The van der Waals surface area contributed by atoms with Gasteiger partial charge >= 0.3 is 35.5 Å². The van der Waals surface area contributed by atoms with E-state index >= 15 is 0 Å². The first-order chi connectivity index (χ1) is 17.3. The molecule has 2 N–H and O–H groups in total. The van der Waals surface area contributed by atoms with Gasteiger partial charge in [0.2, 0.25) is 0 Å². The summed E-state index contributed by atoms with van der Waals surface area (Å²) in [5, 5.41) is 14.7. The first kappa shape index (κ1) is 30.8. The van der Waals surface area contributed by atoms with Crippen molar-refractivity contribution < 1.29 is 24.2 Å². The zero-order valence-corrected chi connectivity index (χ0v) is 21.1. The van der Waals surface area contributed by atoms with Crippen molar-refractivity contribution >= 4 is 69.7 Å². The Morgan fingerprint density at radius 3 is 2.41 bits per heavy atom. The maximum atomic E-state index is 12.6. The molecular weight excluding hydrogens is 503 g/mol. The van der Waals surface area contributed by atoms with E-state index < -0.39 is 5.91 Å². The molecule has 0 aliphatic carbocycles. The van der Waals surface area contributed by atoms with Gasteiger partial charge in [-0.1, -0.05) is 36.2 Å². The summed E-state index contributed by atoms with van der Waals surface area (Å²) in [4.78, 5) is 39.7. The van der Waals surface area contributed by atoms with Gasteiger partial charge in [-0.15, -0.1) is 0 Å². The fraction of sp³-hybridized carbons (Fsp3) is 0.357. The summed E-state index contributed by atoms with van der Waals surface area (Å²) >= 11 is 5.89. The van der Waals surface area contributed by atoms with Crippen LogP contribution in [0.15, 0.2) is 48.7 Å². The molecule has 1 amide bonds. The third kappa shape index (κ3) is 10.1. The van der Waals surface area contributed by atoms with Crippen molar-refractivity contribution in [2.75, 3.05) is 6.61 Å². The number of carbonyl (C=O) groups excluding carboxylic acids is 3. The number of hydrogen-bond donors (Lipinski definition) is 2. The number of aromatic hydroxyl groups is 1. The Labute approximate surface area is 244 Å².